The Morgan fingerprint density at radius 2 is 1.39 bits per heavy atom. The fraction of sp³-hybridized carbons (Fsp3) is 0.538. The summed E-state index contributed by atoms with van der Waals surface area (Å²) in [6.07, 6.45) is -3.76. The molecule has 1 aliphatic rings. The predicted octanol–water partition coefficient (Wildman–Crippen LogP) is 3.36. The summed E-state index contributed by atoms with van der Waals surface area (Å²) in [5, 5.41) is 23.9. The van der Waals surface area contributed by atoms with Gasteiger partial charge in [0.1, 0.15) is 12.2 Å². The number of hydrogen-bond acceptors (Lipinski definition) is 5. The van der Waals surface area contributed by atoms with Crippen LogP contribution < -0.4 is 10.4 Å². The SMILES string of the molecule is CC(C)(C)[Si](O[C@@H]1CO[C@@H](OCC[Si](C)(C)C)[C@H](O)[C@H]1O)(c1ccccc1)c1ccccc1. The van der Waals surface area contributed by atoms with Gasteiger partial charge in [-0.3, -0.25) is 0 Å². The van der Waals surface area contributed by atoms with E-state index in [0.717, 1.165) is 16.4 Å². The van der Waals surface area contributed by atoms with E-state index < -0.39 is 41.0 Å². The number of hydrogen-bond donors (Lipinski definition) is 2. The average Bonchev–Trinajstić information content (AvgIpc) is 2.76. The molecule has 1 saturated heterocycles. The Morgan fingerprint density at radius 3 is 1.85 bits per heavy atom. The fourth-order valence-electron chi connectivity index (χ4n) is 4.42. The minimum Gasteiger partial charge on any atom is -0.399 e. The first-order chi connectivity index (χ1) is 15.5. The molecular formula is C26H40O5Si2. The molecule has 0 spiro atoms. The van der Waals surface area contributed by atoms with E-state index in [0.29, 0.717) is 6.61 Å². The van der Waals surface area contributed by atoms with Crippen molar-refractivity contribution in [3.05, 3.63) is 60.7 Å². The van der Waals surface area contributed by atoms with Gasteiger partial charge in [0.05, 0.1) is 12.7 Å². The average molecular weight is 489 g/mol. The first-order valence-electron chi connectivity index (χ1n) is 11.8. The van der Waals surface area contributed by atoms with Crippen LogP contribution >= 0.6 is 0 Å². The lowest BCUT2D eigenvalue weighted by atomic mass is 10.1. The summed E-state index contributed by atoms with van der Waals surface area (Å²) in [6, 6.07) is 21.5. The van der Waals surface area contributed by atoms with E-state index >= 15 is 0 Å². The highest BCUT2D eigenvalue weighted by molar-refractivity contribution is 6.99. The molecule has 0 amide bonds. The molecule has 1 fully saturated rings. The van der Waals surface area contributed by atoms with E-state index in [9.17, 15) is 10.2 Å². The molecule has 0 bridgehead atoms. The smallest absolute Gasteiger partial charge is 0.261 e. The number of ether oxygens (including phenoxy) is 2. The van der Waals surface area contributed by atoms with E-state index in [4.69, 9.17) is 13.9 Å². The van der Waals surface area contributed by atoms with Crippen LogP contribution in [0, 0.1) is 0 Å². The molecule has 0 aromatic heterocycles. The Labute approximate surface area is 200 Å². The summed E-state index contributed by atoms with van der Waals surface area (Å²) >= 11 is 0. The Morgan fingerprint density at radius 1 is 0.879 bits per heavy atom. The van der Waals surface area contributed by atoms with Gasteiger partial charge in [-0.1, -0.05) is 101 Å². The van der Waals surface area contributed by atoms with E-state index in [-0.39, 0.29) is 11.6 Å². The highest BCUT2D eigenvalue weighted by Crippen LogP contribution is 2.38. The molecule has 2 aromatic rings. The molecule has 0 saturated carbocycles. The zero-order valence-corrected chi connectivity index (χ0v) is 22.8. The summed E-state index contributed by atoms with van der Waals surface area (Å²) in [5.74, 6) is 0. The van der Waals surface area contributed by atoms with Gasteiger partial charge in [-0.2, -0.15) is 0 Å². The third-order valence-corrected chi connectivity index (χ3v) is 13.1. The number of benzene rings is 2. The summed E-state index contributed by atoms with van der Waals surface area (Å²) in [4.78, 5) is 0. The quantitative estimate of drug-likeness (QED) is 0.558. The van der Waals surface area contributed by atoms with Crippen molar-refractivity contribution in [2.75, 3.05) is 13.2 Å². The standard InChI is InChI=1S/C26H40O5Si2/c1-26(2,3)33(20-13-9-7-10-14-20,21-15-11-8-12-16-21)31-22-19-30-25(24(28)23(22)27)29-17-18-32(4,5)6/h7-16,22-25,27-28H,17-19H2,1-6H3/t22-,23+,24-,25-/m1/s1. The molecule has 0 radical (unpaired) electrons. The van der Waals surface area contributed by atoms with E-state index in [1.807, 2.05) is 36.4 Å². The molecule has 2 N–H and O–H groups in total. The van der Waals surface area contributed by atoms with Crippen molar-refractivity contribution in [3.63, 3.8) is 0 Å². The monoisotopic (exact) mass is 488 g/mol. The van der Waals surface area contributed by atoms with Gasteiger partial charge in [0, 0.05) is 14.7 Å². The molecule has 2 aromatic carbocycles. The highest BCUT2D eigenvalue weighted by atomic mass is 28.4. The lowest BCUT2D eigenvalue weighted by Gasteiger charge is -2.48. The Bertz CT molecular complexity index is 824. The van der Waals surface area contributed by atoms with Crippen LogP contribution in [0.2, 0.25) is 30.7 Å². The highest BCUT2D eigenvalue weighted by Gasteiger charge is 2.54. The molecule has 3 rings (SSSR count). The zero-order valence-electron chi connectivity index (χ0n) is 20.8. The summed E-state index contributed by atoms with van der Waals surface area (Å²) in [5.41, 5.74) is 0. The lowest BCUT2D eigenvalue weighted by Crippen LogP contribution is -2.70. The first-order valence-corrected chi connectivity index (χ1v) is 17.5. The molecule has 4 atom stereocenters. The van der Waals surface area contributed by atoms with Crippen LogP contribution in [0.4, 0.5) is 0 Å². The number of aliphatic hydroxyl groups is 2. The van der Waals surface area contributed by atoms with Gasteiger partial charge >= 0.3 is 0 Å². The molecule has 33 heavy (non-hydrogen) atoms. The second-order valence-corrected chi connectivity index (χ2v) is 21.1. The predicted molar refractivity (Wildman–Crippen MR) is 138 cm³/mol. The van der Waals surface area contributed by atoms with Crippen molar-refractivity contribution in [1.82, 2.24) is 0 Å². The molecule has 1 heterocycles. The largest absolute Gasteiger partial charge is 0.399 e. The van der Waals surface area contributed by atoms with Crippen LogP contribution in [-0.4, -0.2) is 64.4 Å². The second-order valence-electron chi connectivity index (χ2n) is 11.2. The van der Waals surface area contributed by atoms with Gasteiger partial charge in [-0.15, -0.1) is 0 Å². The van der Waals surface area contributed by atoms with Crippen molar-refractivity contribution < 1.29 is 24.1 Å². The Hall–Kier alpha value is -1.33. The van der Waals surface area contributed by atoms with Gasteiger partial charge in [0.15, 0.2) is 6.29 Å². The van der Waals surface area contributed by atoms with E-state index in [2.05, 4.69) is 64.7 Å². The van der Waals surface area contributed by atoms with Crippen LogP contribution in [0.3, 0.4) is 0 Å². The van der Waals surface area contributed by atoms with Crippen molar-refractivity contribution in [1.29, 1.82) is 0 Å². The third kappa shape index (κ3) is 6.03. The van der Waals surface area contributed by atoms with Gasteiger partial charge in [0.2, 0.25) is 0 Å². The van der Waals surface area contributed by atoms with Crippen molar-refractivity contribution in [2.45, 2.75) is 76.1 Å². The van der Waals surface area contributed by atoms with Gasteiger partial charge in [-0.05, 0) is 21.5 Å². The van der Waals surface area contributed by atoms with Gasteiger partial charge < -0.3 is 24.1 Å². The topological polar surface area (TPSA) is 68.2 Å². The normalized spacial score (nSPS) is 24.6. The number of aliphatic hydroxyl groups excluding tert-OH is 2. The summed E-state index contributed by atoms with van der Waals surface area (Å²) < 4.78 is 18.7. The van der Waals surface area contributed by atoms with Crippen LogP contribution in [0.15, 0.2) is 60.7 Å². The van der Waals surface area contributed by atoms with Crippen LogP contribution in [0.1, 0.15) is 20.8 Å². The molecule has 182 valence electrons. The van der Waals surface area contributed by atoms with Crippen molar-refractivity contribution >= 4 is 26.8 Å². The Kier molecular flexibility index (Phi) is 8.38. The molecular weight excluding hydrogens is 448 g/mol. The number of rotatable bonds is 8. The lowest BCUT2D eigenvalue weighted by molar-refractivity contribution is -0.265. The maximum absolute atomic E-state index is 11.1. The van der Waals surface area contributed by atoms with Gasteiger partial charge in [0.25, 0.3) is 8.32 Å². The minimum absolute atomic E-state index is 0.167. The molecule has 1 aliphatic heterocycles. The summed E-state index contributed by atoms with van der Waals surface area (Å²) in [6.45, 7) is 14.1. The maximum atomic E-state index is 11.1. The molecule has 0 unspecified atom stereocenters. The zero-order chi connectivity index (χ0) is 24.3. The Balaban J connectivity index is 1.89. The van der Waals surface area contributed by atoms with Crippen LogP contribution in [0.5, 0.6) is 0 Å². The summed E-state index contributed by atoms with van der Waals surface area (Å²) in [7, 11) is -4.13. The minimum atomic E-state index is -2.87. The molecule has 5 nitrogen and oxygen atoms in total. The van der Waals surface area contributed by atoms with Crippen molar-refractivity contribution in [2.24, 2.45) is 0 Å². The van der Waals surface area contributed by atoms with E-state index in [1.54, 1.807) is 0 Å². The van der Waals surface area contributed by atoms with Crippen LogP contribution in [-0.2, 0) is 13.9 Å². The van der Waals surface area contributed by atoms with Gasteiger partial charge in [-0.25, -0.2) is 0 Å². The van der Waals surface area contributed by atoms with Crippen LogP contribution in [0.25, 0.3) is 0 Å². The van der Waals surface area contributed by atoms with Crippen molar-refractivity contribution in [3.8, 4) is 0 Å². The molecule has 7 heteroatoms. The second kappa shape index (κ2) is 10.5. The first kappa shape index (κ1) is 26.3. The van der Waals surface area contributed by atoms with E-state index in [1.165, 1.54) is 0 Å². The molecule has 0 aliphatic carbocycles. The third-order valence-electron chi connectivity index (χ3n) is 6.31. The maximum Gasteiger partial charge on any atom is 0.261 e. The fourth-order valence-corrected chi connectivity index (χ4v) is 9.82.